The maximum Gasteiger partial charge on any atom is 0.186 e. The molecule has 1 fully saturated rings. The maximum atomic E-state index is 14.0. The summed E-state index contributed by atoms with van der Waals surface area (Å²) in [7, 11) is -3.60. The first-order chi connectivity index (χ1) is 13.1. The fourth-order valence-corrected chi connectivity index (χ4v) is 5.53. The fourth-order valence-electron chi connectivity index (χ4n) is 3.69. The number of hydrogen-bond donors (Lipinski definition) is 0. The van der Waals surface area contributed by atoms with Crippen LogP contribution in [0.15, 0.2) is 23.1 Å². The minimum absolute atomic E-state index is 0.239. The lowest BCUT2D eigenvalue weighted by atomic mass is 9.99. The van der Waals surface area contributed by atoms with E-state index in [4.69, 9.17) is 4.98 Å². The summed E-state index contributed by atoms with van der Waals surface area (Å²) in [5, 5.41) is 1.06. The second-order valence-electron chi connectivity index (χ2n) is 7.70. The predicted molar refractivity (Wildman–Crippen MR) is 114 cm³/mol. The average Bonchev–Trinajstić information content (AvgIpc) is 3.01. The van der Waals surface area contributed by atoms with E-state index in [2.05, 4.69) is 37.5 Å². The van der Waals surface area contributed by atoms with Gasteiger partial charge in [0.05, 0.1) is 11.7 Å². The highest BCUT2D eigenvalue weighted by molar-refractivity contribution is 7.90. The quantitative estimate of drug-likeness (QED) is 0.727. The SMILES string of the molecule is CCc1sc(N2CCN(c3ccc(F)c(S(C)(=O)=O)c3)C[C@H]2C(C)C)nc1C. The summed E-state index contributed by atoms with van der Waals surface area (Å²) in [6.07, 6.45) is 2.03. The van der Waals surface area contributed by atoms with E-state index in [1.165, 1.54) is 17.0 Å². The van der Waals surface area contributed by atoms with Gasteiger partial charge in [0.1, 0.15) is 10.7 Å². The van der Waals surface area contributed by atoms with E-state index in [9.17, 15) is 12.8 Å². The normalized spacial score (nSPS) is 18.2. The van der Waals surface area contributed by atoms with Gasteiger partial charge >= 0.3 is 0 Å². The maximum absolute atomic E-state index is 14.0. The van der Waals surface area contributed by atoms with E-state index in [0.29, 0.717) is 5.92 Å². The van der Waals surface area contributed by atoms with E-state index in [-0.39, 0.29) is 10.9 Å². The first kappa shape index (κ1) is 21.0. The Morgan fingerprint density at radius 1 is 1.32 bits per heavy atom. The van der Waals surface area contributed by atoms with Gasteiger partial charge in [0.25, 0.3) is 0 Å². The van der Waals surface area contributed by atoms with Crippen molar-refractivity contribution in [1.29, 1.82) is 0 Å². The molecule has 1 aliphatic rings. The molecular formula is C20H28FN3O2S2. The fraction of sp³-hybridized carbons (Fsp3) is 0.550. The summed E-state index contributed by atoms with van der Waals surface area (Å²) >= 11 is 1.76. The first-order valence-electron chi connectivity index (χ1n) is 9.59. The van der Waals surface area contributed by atoms with Gasteiger partial charge in [-0.3, -0.25) is 0 Å². The molecule has 0 amide bonds. The molecule has 2 aromatic rings. The van der Waals surface area contributed by atoms with Gasteiger partial charge in [-0.05, 0) is 37.5 Å². The number of benzene rings is 1. The lowest BCUT2D eigenvalue weighted by molar-refractivity contribution is 0.418. The van der Waals surface area contributed by atoms with Crippen LogP contribution in [0, 0.1) is 18.7 Å². The van der Waals surface area contributed by atoms with Gasteiger partial charge in [-0.25, -0.2) is 17.8 Å². The molecule has 5 nitrogen and oxygen atoms in total. The van der Waals surface area contributed by atoms with E-state index >= 15 is 0 Å². The molecule has 1 aromatic heterocycles. The lowest BCUT2D eigenvalue weighted by Crippen LogP contribution is -2.55. The van der Waals surface area contributed by atoms with Crippen molar-refractivity contribution in [3.05, 3.63) is 34.6 Å². The van der Waals surface area contributed by atoms with Gasteiger partial charge in [-0.1, -0.05) is 20.8 Å². The van der Waals surface area contributed by atoms with Crippen LogP contribution in [0.5, 0.6) is 0 Å². The third-order valence-corrected chi connectivity index (χ3v) is 7.77. The monoisotopic (exact) mass is 425 g/mol. The van der Waals surface area contributed by atoms with Gasteiger partial charge in [0.2, 0.25) is 0 Å². The lowest BCUT2D eigenvalue weighted by Gasteiger charge is -2.44. The van der Waals surface area contributed by atoms with Crippen molar-refractivity contribution in [2.75, 3.05) is 35.7 Å². The Morgan fingerprint density at radius 3 is 2.61 bits per heavy atom. The number of rotatable bonds is 5. The summed E-state index contributed by atoms with van der Waals surface area (Å²) in [6, 6.07) is 4.62. The number of anilines is 2. The van der Waals surface area contributed by atoms with Crippen molar-refractivity contribution in [2.45, 2.75) is 45.1 Å². The Morgan fingerprint density at radius 2 is 2.04 bits per heavy atom. The van der Waals surface area contributed by atoms with Crippen LogP contribution in [0.1, 0.15) is 31.3 Å². The van der Waals surface area contributed by atoms with Crippen molar-refractivity contribution >= 4 is 32.0 Å². The number of nitrogens with zero attached hydrogens (tertiary/aromatic N) is 3. The second kappa shape index (κ2) is 7.99. The zero-order valence-corrected chi connectivity index (χ0v) is 18.7. The van der Waals surface area contributed by atoms with Gasteiger partial charge < -0.3 is 9.80 Å². The van der Waals surface area contributed by atoms with Crippen LogP contribution in [0.3, 0.4) is 0 Å². The summed E-state index contributed by atoms with van der Waals surface area (Å²) < 4.78 is 37.8. The number of aryl methyl sites for hydroxylation is 2. The summed E-state index contributed by atoms with van der Waals surface area (Å²) in [5.74, 6) is -0.303. The Labute approximate surface area is 171 Å². The van der Waals surface area contributed by atoms with Crippen LogP contribution in [-0.2, 0) is 16.3 Å². The summed E-state index contributed by atoms with van der Waals surface area (Å²) in [4.78, 5) is 10.4. The molecule has 1 atom stereocenters. The number of sulfone groups is 1. The Bertz CT molecular complexity index is 956. The molecule has 0 bridgehead atoms. The van der Waals surface area contributed by atoms with Gasteiger partial charge in [0.15, 0.2) is 15.0 Å². The van der Waals surface area contributed by atoms with Crippen LogP contribution in [-0.4, -0.2) is 45.3 Å². The highest BCUT2D eigenvalue weighted by Crippen LogP contribution is 2.33. The average molecular weight is 426 g/mol. The van der Waals surface area contributed by atoms with Crippen molar-refractivity contribution in [1.82, 2.24) is 4.98 Å². The van der Waals surface area contributed by atoms with Crippen LogP contribution in [0.25, 0.3) is 0 Å². The number of aromatic nitrogens is 1. The summed E-state index contributed by atoms with van der Waals surface area (Å²) in [6.45, 7) is 10.9. The van der Waals surface area contributed by atoms with Crippen molar-refractivity contribution in [3.8, 4) is 0 Å². The summed E-state index contributed by atoms with van der Waals surface area (Å²) in [5.41, 5.74) is 1.85. The molecule has 2 heterocycles. The molecule has 1 aromatic carbocycles. The van der Waals surface area contributed by atoms with Gasteiger partial charge in [-0.15, -0.1) is 11.3 Å². The van der Waals surface area contributed by atoms with Crippen LogP contribution in [0.2, 0.25) is 0 Å². The molecule has 8 heteroatoms. The third-order valence-electron chi connectivity index (χ3n) is 5.32. The molecule has 3 rings (SSSR count). The van der Waals surface area contributed by atoms with Crippen LogP contribution < -0.4 is 9.80 Å². The minimum Gasteiger partial charge on any atom is -0.368 e. The van der Waals surface area contributed by atoms with Gasteiger partial charge in [-0.2, -0.15) is 0 Å². The van der Waals surface area contributed by atoms with Gasteiger partial charge in [0, 0.05) is 36.5 Å². The van der Waals surface area contributed by atoms with E-state index in [1.807, 2.05) is 0 Å². The molecule has 1 aliphatic heterocycles. The highest BCUT2D eigenvalue weighted by Gasteiger charge is 2.32. The molecule has 0 unspecified atom stereocenters. The van der Waals surface area contributed by atoms with E-state index in [1.54, 1.807) is 17.4 Å². The van der Waals surface area contributed by atoms with E-state index in [0.717, 1.165) is 48.8 Å². The number of hydrogen-bond acceptors (Lipinski definition) is 6. The molecule has 0 aliphatic carbocycles. The third kappa shape index (κ3) is 4.17. The number of piperazine rings is 1. The molecule has 154 valence electrons. The minimum atomic E-state index is -3.60. The molecule has 0 saturated carbocycles. The number of halogens is 1. The zero-order valence-electron chi connectivity index (χ0n) is 17.1. The molecule has 0 N–H and O–H groups in total. The standard InChI is InChI=1S/C20H28FN3O2S2/c1-6-18-14(4)22-20(27-18)24-10-9-23(12-17(24)13(2)3)15-7-8-16(21)19(11-15)28(5,25)26/h7-8,11,13,17H,6,9-10,12H2,1-5H3/t17-/m0/s1. The van der Waals surface area contributed by atoms with Crippen molar-refractivity contribution in [2.24, 2.45) is 5.92 Å². The molecule has 28 heavy (non-hydrogen) atoms. The van der Waals surface area contributed by atoms with Crippen LogP contribution in [0.4, 0.5) is 15.2 Å². The topological polar surface area (TPSA) is 53.5 Å². The Hall–Kier alpha value is -1.67. The van der Waals surface area contributed by atoms with E-state index < -0.39 is 15.7 Å². The Balaban J connectivity index is 1.89. The molecule has 0 radical (unpaired) electrons. The van der Waals surface area contributed by atoms with Crippen LogP contribution >= 0.6 is 11.3 Å². The Kier molecular flexibility index (Phi) is 6.00. The number of thiazole rings is 1. The second-order valence-corrected chi connectivity index (χ2v) is 10.7. The zero-order chi connectivity index (χ0) is 20.6. The first-order valence-corrected chi connectivity index (χ1v) is 12.3. The largest absolute Gasteiger partial charge is 0.368 e. The van der Waals surface area contributed by atoms with Crippen molar-refractivity contribution < 1.29 is 12.8 Å². The highest BCUT2D eigenvalue weighted by atomic mass is 32.2. The molecule has 1 saturated heterocycles. The van der Waals surface area contributed by atoms with Crippen molar-refractivity contribution in [3.63, 3.8) is 0 Å². The smallest absolute Gasteiger partial charge is 0.186 e. The molecule has 0 spiro atoms. The predicted octanol–water partition coefficient (Wildman–Crippen LogP) is 3.91. The molecular weight excluding hydrogens is 397 g/mol.